The number of fused-ring (bicyclic) bond motifs is 2. The van der Waals surface area contributed by atoms with Crippen LogP contribution >= 0.6 is 0 Å². The van der Waals surface area contributed by atoms with Gasteiger partial charge in [-0.3, -0.25) is 4.79 Å². The molecule has 6 aromatic rings. The van der Waals surface area contributed by atoms with E-state index in [0.29, 0.717) is 30.2 Å². The summed E-state index contributed by atoms with van der Waals surface area (Å²) in [5, 5.41) is 10.9. The molecule has 4 aromatic carbocycles. The van der Waals surface area contributed by atoms with E-state index >= 15 is 0 Å². The van der Waals surface area contributed by atoms with Gasteiger partial charge in [0, 0.05) is 30.7 Å². The maximum Gasteiger partial charge on any atom is 0.309 e. The number of aromatic nitrogens is 3. The quantitative estimate of drug-likeness (QED) is 0.177. The normalized spacial score (nSPS) is 12.1. The number of aliphatic carboxylic acids is 1. The minimum atomic E-state index is -3.28. The highest BCUT2D eigenvalue weighted by Gasteiger charge is 2.30. The third-order valence-electron chi connectivity index (χ3n) is 7.90. The second kappa shape index (κ2) is 11.8. The Morgan fingerprint density at radius 1 is 0.844 bits per heavy atom. The molecule has 2 heterocycles. The van der Waals surface area contributed by atoms with Gasteiger partial charge in [0.25, 0.3) is 0 Å². The van der Waals surface area contributed by atoms with Crippen molar-refractivity contribution in [3.8, 4) is 16.9 Å². The van der Waals surface area contributed by atoms with Crippen molar-refractivity contribution in [1.29, 1.82) is 0 Å². The molecule has 45 heavy (non-hydrogen) atoms. The lowest BCUT2D eigenvalue weighted by Gasteiger charge is -2.19. The van der Waals surface area contributed by atoms with Crippen molar-refractivity contribution >= 4 is 37.7 Å². The molecule has 0 aliphatic rings. The summed E-state index contributed by atoms with van der Waals surface area (Å²) in [4.78, 5) is 21.9. The van der Waals surface area contributed by atoms with Crippen molar-refractivity contribution in [2.24, 2.45) is 5.41 Å². The molecule has 0 spiro atoms. The average Bonchev–Trinajstić information content (AvgIpc) is 3.34. The fourth-order valence-corrected chi connectivity index (χ4v) is 5.93. The van der Waals surface area contributed by atoms with Crippen molar-refractivity contribution in [1.82, 2.24) is 14.5 Å². The molecule has 0 saturated carbocycles. The van der Waals surface area contributed by atoms with Crippen LogP contribution < -0.4 is 4.74 Å². The standard InChI is InChI=1S/C36H33N3O5S/c1-36(2,35(40)41)21-34-38-32-20-29(44-23-28-14-11-26-8-4-5-10-31(26)37-28)15-18-33(32)39(34)22-24-7-6-9-27(19-24)25-12-16-30(17-13-25)45(3,42)43/h4-20H,21-23H2,1-3H3,(H,40,41). The number of carboxylic acids is 1. The van der Waals surface area contributed by atoms with E-state index in [9.17, 15) is 18.3 Å². The fraction of sp³-hybridized carbons (Fsp3) is 0.194. The highest BCUT2D eigenvalue weighted by atomic mass is 32.2. The second-order valence-electron chi connectivity index (χ2n) is 11.9. The average molecular weight is 620 g/mol. The third kappa shape index (κ3) is 6.58. The van der Waals surface area contributed by atoms with E-state index < -0.39 is 21.2 Å². The van der Waals surface area contributed by atoms with E-state index in [1.807, 2.05) is 72.8 Å². The summed E-state index contributed by atoms with van der Waals surface area (Å²) in [5.41, 5.74) is 5.12. The Morgan fingerprint density at radius 3 is 2.38 bits per heavy atom. The lowest BCUT2D eigenvalue weighted by atomic mass is 9.89. The zero-order valence-corrected chi connectivity index (χ0v) is 26.1. The lowest BCUT2D eigenvalue weighted by molar-refractivity contribution is -0.146. The number of para-hydroxylation sites is 1. The van der Waals surface area contributed by atoms with Crippen LogP contribution in [0, 0.1) is 5.41 Å². The van der Waals surface area contributed by atoms with Gasteiger partial charge in [-0.05, 0) is 73.0 Å². The summed E-state index contributed by atoms with van der Waals surface area (Å²) in [6.45, 7) is 4.17. The molecule has 0 fully saturated rings. The monoisotopic (exact) mass is 619 g/mol. The lowest BCUT2D eigenvalue weighted by Crippen LogP contribution is -2.27. The smallest absolute Gasteiger partial charge is 0.309 e. The largest absolute Gasteiger partial charge is 0.487 e. The van der Waals surface area contributed by atoms with Crippen molar-refractivity contribution in [3.05, 3.63) is 120 Å². The Morgan fingerprint density at radius 2 is 1.62 bits per heavy atom. The first-order valence-corrected chi connectivity index (χ1v) is 16.4. The zero-order chi connectivity index (χ0) is 31.8. The number of nitrogens with zero attached hydrogens (tertiary/aromatic N) is 3. The van der Waals surface area contributed by atoms with Crippen LogP contribution in [0.1, 0.15) is 30.9 Å². The molecule has 0 radical (unpaired) electrons. The van der Waals surface area contributed by atoms with Crippen LogP contribution in [0.4, 0.5) is 0 Å². The summed E-state index contributed by atoms with van der Waals surface area (Å²) >= 11 is 0. The molecule has 0 unspecified atom stereocenters. The highest BCUT2D eigenvalue weighted by Crippen LogP contribution is 2.29. The first kappa shape index (κ1) is 30.0. The maximum atomic E-state index is 12.1. The molecule has 0 aliphatic heterocycles. The van der Waals surface area contributed by atoms with Crippen LogP contribution in [-0.2, 0) is 34.2 Å². The molecule has 0 bridgehead atoms. The summed E-state index contributed by atoms with van der Waals surface area (Å²) in [6, 6.07) is 32.5. The van der Waals surface area contributed by atoms with E-state index in [1.54, 1.807) is 38.1 Å². The maximum absolute atomic E-state index is 12.1. The summed E-state index contributed by atoms with van der Waals surface area (Å²) in [5.74, 6) is 0.409. The number of ether oxygens (including phenoxy) is 1. The van der Waals surface area contributed by atoms with Crippen LogP contribution in [0.25, 0.3) is 33.1 Å². The predicted molar refractivity (Wildman–Crippen MR) is 175 cm³/mol. The first-order chi connectivity index (χ1) is 21.5. The number of carboxylic acid groups (broad SMARTS) is 1. The Kier molecular flexibility index (Phi) is 7.88. The van der Waals surface area contributed by atoms with E-state index in [4.69, 9.17) is 14.7 Å². The SMILES string of the molecule is CC(C)(Cc1nc2cc(OCc3ccc4ccccc4n3)ccc2n1Cc1cccc(-c2ccc(S(C)(=O)=O)cc2)c1)C(=O)O. The van der Waals surface area contributed by atoms with Crippen molar-refractivity contribution in [3.63, 3.8) is 0 Å². The van der Waals surface area contributed by atoms with Gasteiger partial charge >= 0.3 is 5.97 Å². The second-order valence-corrected chi connectivity index (χ2v) is 13.9. The Labute approximate surface area is 261 Å². The molecular weight excluding hydrogens is 586 g/mol. The van der Waals surface area contributed by atoms with Crippen LogP contribution in [0.15, 0.2) is 108 Å². The van der Waals surface area contributed by atoms with Gasteiger partial charge in [-0.15, -0.1) is 0 Å². The van der Waals surface area contributed by atoms with Gasteiger partial charge in [0.1, 0.15) is 18.2 Å². The molecular formula is C36H33N3O5S. The van der Waals surface area contributed by atoms with Gasteiger partial charge in [0.2, 0.25) is 0 Å². The number of benzene rings is 4. The minimum Gasteiger partial charge on any atom is -0.487 e. The van der Waals surface area contributed by atoms with Gasteiger partial charge in [0.15, 0.2) is 9.84 Å². The number of hydrogen-bond donors (Lipinski definition) is 1. The Hall–Kier alpha value is -5.02. The van der Waals surface area contributed by atoms with Gasteiger partial charge in [-0.1, -0.05) is 54.6 Å². The molecule has 0 aliphatic carbocycles. The predicted octanol–water partition coefficient (Wildman–Crippen LogP) is 6.94. The number of carbonyl (C=O) groups is 1. The molecule has 228 valence electrons. The summed E-state index contributed by atoms with van der Waals surface area (Å²) in [7, 11) is -3.28. The first-order valence-electron chi connectivity index (χ1n) is 14.6. The molecule has 1 N–H and O–H groups in total. The minimum absolute atomic E-state index is 0.237. The molecule has 0 amide bonds. The third-order valence-corrected chi connectivity index (χ3v) is 9.03. The topological polar surface area (TPSA) is 111 Å². The number of hydrogen-bond acceptors (Lipinski definition) is 6. The van der Waals surface area contributed by atoms with Crippen LogP contribution in [0.3, 0.4) is 0 Å². The molecule has 0 atom stereocenters. The molecule has 2 aromatic heterocycles. The highest BCUT2D eigenvalue weighted by molar-refractivity contribution is 7.90. The number of rotatable bonds is 10. The van der Waals surface area contributed by atoms with Gasteiger partial charge in [-0.2, -0.15) is 0 Å². The van der Waals surface area contributed by atoms with E-state index in [-0.39, 0.29) is 11.3 Å². The Bertz CT molecular complexity index is 2150. The van der Waals surface area contributed by atoms with Gasteiger partial charge < -0.3 is 14.4 Å². The molecule has 9 heteroatoms. The van der Waals surface area contributed by atoms with Crippen LogP contribution in [-0.4, -0.2) is 40.3 Å². The number of pyridine rings is 1. The van der Waals surface area contributed by atoms with Gasteiger partial charge in [0.05, 0.1) is 32.6 Å². The van der Waals surface area contributed by atoms with Gasteiger partial charge in [-0.25, -0.2) is 18.4 Å². The van der Waals surface area contributed by atoms with Crippen LogP contribution in [0.5, 0.6) is 5.75 Å². The van der Waals surface area contributed by atoms with E-state index in [1.165, 1.54) is 6.26 Å². The van der Waals surface area contributed by atoms with E-state index in [2.05, 4.69) is 10.6 Å². The van der Waals surface area contributed by atoms with E-state index in [0.717, 1.165) is 38.8 Å². The number of sulfone groups is 1. The van der Waals surface area contributed by atoms with Crippen LogP contribution in [0.2, 0.25) is 0 Å². The Balaban J connectivity index is 1.30. The molecule has 8 nitrogen and oxygen atoms in total. The number of imidazole rings is 1. The summed E-state index contributed by atoms with van der Waals surface area (Å²) < 4.78 is 32.0. The van der Waals surface area contributed by atoms with Crippen molar-refractivity contribution in [2.45, 2.75) is 38.3 Å². The van der Waals surface area contributed by atoms with Crippen molar-refractivity contribution in [2.75, 3.05) is 6.26 Å². The molecule has 0 saturated heterocycles. The summed E-state index contributed by atoms with van der Waals surface area (Å²) in [6.07, 6.45) is 1.43. The van der Waals surface area contributed by atoms with Crippen molar-refractivity contribution < 1.29 is 23.1 Å². The zero-order valence-electron chi connectivity index (χ0n) is 25.3. The molecule has 6 rings (SSSR count). The fourth-order valence-electron chi connectivity index (χ4n) is 5.30.